The molecule has 2 aromatic heterocycles. The number of piperazine rings is 1. The zero-order valence-electron chi connectivity index (χ0n) is 15.3. The van der Waals surface area contributed by atoms with Gasteiger partial charge in [0, 0.05) is 42.8 Å². The predicted octanol–water partition coefficient (Wildman–Crippen LogP) is 3.76. The lowest BCUT2D eigenvalue weighted by Crippen LogP contribution is -2.47. The van der Waals surface area contributed by atoms with Gasteiger partial charge in [-0.1, -0.05) is 31.5 Å². The number of aromatic amines is 1. The number of hydrogen-bond acceptors (Lipinski definition) is 5. The summed E-state index contributed by atoms with van der Waals surface area (Å²) in [6, 6.07) is 6.08. The number of benzene rings is 1. The molecule has 1 saturated heterocycles. The summed E-state index contributed by atoms with van der Waals surface area (Å²) in [4.78, 5) is 14.2. The Morgan fingerprint density at radius 2 is 1.81 bits per heavy atom. The first-order chi connectivity index (χ1) is 12.5. The Kier molecular flexibility index (Phi) is 4.44. The van der Waals surface area contributed by atoms with Crippen LogP contribution < -0.4 is 9.80 Å². The highest BCUT2D eigenvalue weighted by Gasteiger charge is 2.23. The first-order valence-corrected chi connectivity index (χ1v) is 9.38. The molecule has 1 N–H and O–H groups in total. The molecule has 0 bridgehead atoms. The molecule has 0 unspecified atom stereocenters. The molecule has 136 valence electrons. The molecule has 3 aromatic rings. The monoisotopic (exact) mass is 370 g/mol. The van der Waals surface area contributed by atoms with Crippen molar-refractivity contribution >= 4 is 34.1 Å². The minimum Gasteiger partial charge on any atom is -0.368 e. The molecule has 3 heterocycles. The summed E-state index contributed by atoms with van der Waals surface area (Å²) in [7, 11) is 0. The van der Waals surface area contributed by atoms with Crippen LogP contribution in [0.2, 0.25) is 5.02 Å². The quantitative estimate of drug-likeness (QED) is 0.760. The molecule has 1 fully saturated rings. The van der Waals surface area contributed by atoms with E-state index in [0.29, 0.717) is 0 Å². The summed E-state index contributed by atoms with van der Waals surface area (Å²) in [5, 5.41) is 8.92. The number of hydrogen-bond donors (Lipinski definition) is 1. The third-order valence-electron chi connectivity index (χ3n) is 4.91. The van der Waals surface area contributed by atoms with Gasteiger partial charge in [-0.25, -0.2) is 9.97 Å². The van der Waals surface area contributed by atoms with Crippen molar-refractivity contribution in [2.45, 2.75) is 26.7 Å². The zero-order valence-corrected chi connectivity index (χ0v) is 16.1. The van der Waals surface area contributed by atoms with Crippen LogP contribution in [0.1, 0.15) is 31.2 Å². The van der Waals surface area contributed by atoms with Gasteiger partial charge in [-0.05, 0) is 24.6 Å². The van der Waals surface area contributed by atoms with E-state index in [0.717, 1.165) is 53.9 Å². The smallest absolute Gasteiger partial charge is 0.161 e. The van der Waals surface area contributed by atoms with E-state index in [1.807, 2.05) is 12.3 Å². The van der Waals surface area contributed by atoms with Gasteiger partial charge in [0.05, 0.1) is 11.6 Å². The van der Waals surface area contributed by atoms with Gasteiger partial charge in [0.1, 0.15) is 11.6 Å². The summed E-state index contributed by atoms with van der Waals surface area (Å²) in [5.74, 6) is 2.11. The van der Waals surface area contributed by atoms with Crippen molar-refractivity contribution in [2.75, 3.05) is 36.0 Å². The normalized spacial score (nSPS) is 15.3. The first kappa shape index (κ1) is 17.1. The van der Waals surface area contributed by atoms with Crippen LogP contribution in [0.15, 0.2) is 24.4 Å². The third kappa shape index (κ3) is 3.09. The van der Waals surface area contributed by atoms with Gasteiger partial charge in [0.25, 0.3) is 0 Å². The van der Waals surface area contributed by atoms with Gasteiger partial charge in [-0.15, -0.1) is 0 Å². The Morgan fingerprint density at radius 3 is 2.54 bits per heavy atom. The number of fused-ring (bicyclic) bond motifs is 1. The highest BCUT2D eigenvalue weighted by molar-refractivity contribution is 6.30. The van der Waals surface area contributed by atoms with E-state index in [2.05, 4.69) is 57.9 Å². The Hall–Kier alpha value is -2.34. The van der Waals surface area contributed by atoms with Crippen molar-refractivity contribution in [3.05, 3.63) is 40.8 Å². The average molecular weight is 371 g/mol. The van der Waals surface area contributed by atoms with Gasteiger partial charge in [-0.2, -0.15) is 5.10 Å². The topological polar surface area (TPSA) is 60.9 Å². The Morgan fingerprint density at radius 1 is 1.08 bits per heavy atom. The van der Waals surface area contributed by atoms with Crippen LogP contribution in [0.3, 0.4) is 0 Å². The maximum atomic E-state index is 6.20. The second-order valence-corrected chi connectivity index (χ2v) is 7.53. The minimum absolute atomic E-state index is 0.275. The van der Waals surface area contributed by atoms with Gasteiger partial charge in [0.15, 0.2) is 5.65 Å². The number of nitrogens with zero attached hydrogens (tertiary/aromatic N) is 5. The minimum atomic E-state index is 0.275. The molecule has 0 atom stereocenters. The van der Waals surface area contributed by atoms with Crippen molar-refractivity contribution in [3.63, 3.8) is 0 Å². The number of H-pyrrole nitrogens is 1. The molecule has 0 aliphatic carbocycles. The number of aryl methyl sites for hydroxylation is 1. The van der Waals surface area contributed by atoms with Crippen LogP contribution in [0, 0.1) is 6.92 Å². The van der Waals surface area contributed by atoms with Crippen LogP contribution in [-0.2, 0) is 0 Å². The summed E-state index contributed by atoms with van der Waals surface area (Å²) >= 11 is 6.20. The largest absolute Gasteiger partial charge is 0.368 e. The lowest BCUT2D eigenvalue weighted by Gasteiger charge is -2.37. The molecule has 7 heteroatoms. The Balaban J connectivity index is 1.59. The lowest BCUT2D eigenvalue weighted by atomic mass is 10.1. The van der Waals surface area contributed by atoms with Crippen molar-refractivity contribution in [1.29, 1.82) is 0 Å². The molecule has 26 heavy (non-hydrogen) atoms. The maximum Gasteiger partial charge on any atom is 0.161 e. The number of aromatic nitrogens is 4. The number of nitrogens with one attached hydrogen (secondary N) is 1. The lowest BCUT2D eigenvalue weighted by molar-refractivity contribution is 0.644. The van der Waals surface area contributed by atoms with Gasteiger partial charge >= 0.3 is 0 Å². The molecule has 1 aliphatic heterocycles. The molecule has 0 saturated carbocycles. The van der Waals surface area contributed by atoms with E-state index in [-0.39, 0.29) is 5.92 Å². The molecule has 1 aliphatic rings. The summed E-state index contributed by atoms with van der Waals surface area (Å²) < 4.78 is 0. The second-order valence-electron chi connectivity index (χ2n) is 7.10. The van der Waals surface area contributed by atoms with Gasteiger partial charge in [0.2, 0.25) is 0 Å². The number of anilines is 2. The number of rotatable bonds is 3. The first-order valence-electron chi connectivity index (χ1n) is 9.00. The highest BCUT2D eigenvalue weighted by Crippen LogP contribution is 2.29. The molecular formula is C19H23ClN6. The van der Waals surface area contributed by atoms with E-state index < -0.39 is 0 Å². The standard InChI is InChI=1S/C19H23ClN6/c1-12(2)17-22-18-15(11-21-24-18)19(23-17)26-8-6-25(7-9-26)16-10-14(20)5-4-13(16)3/h4-5,10-12H,6-9H2,1-3H3,(H,21,22,23,24). The van der Waals surface area contributed by atoms with Crippen molar-refractivity contribution < 1.29 is 0 Å². The van der Waals surface area contributed by atoms with Gasteiger partial charge in [-0.3, -0.25) is 5.10 Å². The summed E-state index contributed by atoms with van der Waals surface area (Å²) in [6.07, 6.45) is 1.82. The predicted molar refractivity (Wildman–Crippen MR) is 106 cm³/mol. The van der Waals surface area contributed by atoms with Crippen molar-refractivity contribution in [2.24, 2.45) is 0 Å². The highest BCUT2D eigenvalue weighted by atomic mass is 35.5. The van der Waals surface area contributed by atoms with Crippen LogP contribution in [0.5, 0.6) is 0 Å². The van der Waals surface area contributed by atoms with E-state index in [9.17, 15) is 0 Å². The fourth-order valence-electron chi connectivity index (χ4n) is 3.42. The van der Waals surface area contributed by atoms with Crippen molar-refractivity contribution in [3.8, 4) is 0 Å². The SMILES string of the molecule is Cc1ccc(Cl)cc1N1CCN(c2nc(C(C)C)nc3[nH]ncc23)CC1. The van der Waals surface area contributed by atoms with Crippen molar-refractivity contribution in [1.82, 2.24) is 20.2 Å². The fraction of sp³-hybridized carbons (Fsp3) is 0.421. The van der Waals surface area contributed by atoms with Crippen LogP contribution in [0.25, 0.3) is 11.0 Å². The fourth-order valence-corrected chi connectivity index (χ4v) is 3.58. The van der Waals surface area contributed by atoms with E-state index >= 15 is 0 Å². The molecule has 1 aromatic carbocycles. The molecule has 6 nitrogen and oxygen atoms in total. The van der Waals surface area contributed by atoms with Crippen LogP contribution in [0.4, 0.5) is 11.5 Å². The van der Waals surface area contributed by atoms with Gasteiger partial charge < -0.3 is 9.80 Å². The Bertz CT molecular complexity index is 927. The Labute approximate surface area is 158 Å². The van der Waals surface area contributed by atoms with E-state index in [4.69, 9.17) is 16.6 Å². The average Bonchev–Trinajstić information content (AvgIpc) is 3.12. The molecule has 4 rings (SSSR count). The van der Waals surface area contributed by atoms with Crippen LogP contribution in [-0.4, -0.2) is 46.3 Å². The third-order valence-corrected chi connectivity index (χ3v) is 5.15. The molecular weight excluding hydrogens is 348 g/mol. The summed E-state index contributed by atoms with van der Waals surface area (Å²) in [5.41, 5.74) is 3.28. The van der Waals surface area contributed by atoms with E-state index in [1.54, 1.807) is 0 Å². The second kappa shape index (κ2) is 6.76. The maximum absolute atomic E-state index is 6.20. The van der Waals surface area contributed by atoms with E-state index in [1.165, 1.54) is 11.3 Å². The molecule has 0 spiro atoms. The molecule has 0 radical (unpaired) electrons. The summed E-state index contributed by atoms with van der Waals surface area (Å²) in [6.45, 7) is 10.0. The molecule has 0 amide bonds. The number of halogens is 1. The zero-order chi connectivity index (χ0) is 18.3. The van der Waals surface area contributed by atoms with Crippen LogP contribution >= 0.6 is 11.6 Å².